The van der Waals surface area contributed by atoms with Crippen molar-refractivity contribution in [2.75, 3.05) is 19.9 Å². The zero-order valence-corrected chi connectivity index (χ0v) is 21.6. The van der Waals surface area contributed by atoms with Crippen molar-refractivity contribution in [3.05, 3.63) is 71.0 Å². The molecule has 2 aromatic carbocycles. The summed E-state index contributed by atoms with van der Waals surface area (Å²) >= 11 is 0. The summed E-state index contributed by atoms with van der Waals surface area (Å²) in [6.07, 6.45) is 4.48. The van der Waals surface area contributed by atoms with Crippen LogP contribution in [0.4, 0.5) is 4.39 Å². The molecule has 1 atom stereocenters. The maximum atomic E-state index is 14.8. The average Bonchev–Trinajstić information content (AvgIpc) is 3.24. The van der Waals surface area contributed by atoms with Crippen molar-refractivity contribution in [1.82, 2.24) is 9.88 Å². The number of amides is 1. The zero-order valence-electron chi connectivity index (χ0n) is 20.8. The number of carboxylic acid groups (broad SMARTS) is 1. The number of carbonyl (C=O) groups is 2. The predicted octanol–water partition coefficient (Wildman–Crippen LogP) is 3.96. The van der Waals surface area contributed by atoms with Gasteiger partial charge in [-0.1, -0.05) is 30.3 Å². The number of nitrogens with one attached hydrogen (secondary N) is 1. The molecule has 1 aromatic heterocycles. The van der Waals surface area contributed by atoms with Gasteiger partial charge in [0, 0.05) is 35.4 Å². The number of halogens is 1. The molecule has 0 fully saturated rings. The highest BCUT2D eigenvalue weighted by atomic mass is 32.2. The Bertz CT molecular complexity index is 1450. The van der Waals surface area contributed by atoms with Gasteiger partial charge in [0.25, 0.3) is 0 Å². The number of nitrogens with zero attached hydrogens (tertiary/aromatic N) is 1. The molecule has 0 aliphatic rings. The van der Waals surface area contributed by atoms with E-state index in [0.29, 0.717) is 48.0 Å². The fraction of sp³-hybridized carbons (Fsp3) is 0.308. The van der Waals surface area contributed by atoms with Gasteiger partial charge in [-0.05, 0) is 37.1 Å². The normalized spacial score (nSPS) is 12.9. The minimum absolute atomic E-state index is 0.00530. The molecule has 0 aliphatic heterocycles. The molecule has 198 valence electrons. The summed E-state index contributed by atoms with van der Waals surface area (Å²) in [5.74, 6) is -1.90. The molecule has 9 nitrogen and oxygen atoms in total. The lowest BCUT2D eigenvalue weighted by Crippen LogP contribution is -2.21. The van der Waals surface area contributed by atoms with E-state index in [1.165, 1.54) is 24.1 Å². The van der Waals surface area contributed by atoms with E-state index in [2.05, 4.69) is 4.98 Å². The lowest BCUT2D eigenvalue weighted by Gasteiger charge is -2.23. The second kappa shape index (κ2) is 11.6. The molecule has 0 bridgehead atoms. The Morgan fingerprint density at radius 3 is 2.59 bits per heavy atom. The number of carbonyl (C=O) groups excluding carboxylic acids is 1. The van der Waals surface area contributed by atoms with Crippen molar-refractivity contribution in [1.29, 1.82) is 0 Å². The van der Waals surface area contributed by atoms with E-state index >= 15 is 0 Å². The first-order chi connectivity index (χ1) is 17.5. The van der Waals surface area contributed by atoms with Crippen molar-refractivity contribution < 1.29 is 32.2 Å². The number of aromatic carboxylic acids is 1. The molecule has 0 radical (unpaired) electrons. The van der Waals surface area contributed by atoms with Crippen LogP contribution in [-0.4, -0.2) is 55.7 Å². The molecule has 1 heterocycles. The Morgan fingerprint density at radius 2 is 2.03 bits per heavy atom. The first kappa shape index (κ1) is 27.9. The fourth-order valence-electron chi connectivity index (χ4n) is 4.21. The number of aromatic amines is 1. The largest absolute Gasteiger partial charge is 0.500 e. The van der Waals surface area contributed by atoms with Gasteiger partial charge in [-0.15, -0.1) is 0 Å². The number of aromatic nitrogens is 1. The van der Waals surface area contributed by atoms with Crippen molar-refractivity contribution in [2.24, 2.45) is 5.73 Å². The molecule has 0 spiro atoms. The molecule has 0 unspecified atom stereocenters. The van der Waals surface area contributed by atoms with Crippen LogP contribution in [-0.2, 0) is 25.1 Å². The summed E-state index contributed by atoms with van der Waals surface area (Å²) in [5, 5.41) is 10.4. The van der Waals surface area contributed by atoms with Crippen molar-refractivity contribution in [3.63, 3.8) is 0 Å². The molecule has 0 saturated carbocycles. The predicted molar refractivity (Wildman–Crippen MR) is 139 cm³/mol. The summed E-state index contributed by atoms with van der Waals surface area (Å²) in [7, 11) is -1.95. The number of hydrogen-bond acceptors (Lipinski definition) is 6. The zero-order chi connectivity index (χ0) is 27.3. The van der Waals surface area contributed by atoms with Crippen LogP contribution in [0, 0.1) is 5.82 Å². The van der Waals surface area contributed by atoms with Crippen LogP contribution in [0.15, 0.2) is 48.4 Å². The Labute approximate surface area is 214 Å². The highest BCUT2D eigenvalue weighted by molar-refractivity contribution is 7.89. The van der Waals surface area contributed by atoms with E-state index in [0.717, 1.165) is 12.3 Å². The number of benzene rings is 2. The van der Waals surface area contributed by atoms with E-state index in [9.17, 15) is 27.5 Å². The molecular weight excluding hydrogens is 501 g/mol. The van der Waals surface area contributed by atoms with Crippen LogP contribution in [0.2, 0.25) is 0 Å². The molecule has 3 rings (SSSR count). The molecule has 1 amide bonds. The summed E-state index contributed by atoms with van der Waals surface area (Å²) in [5.41, 5.74) is 7.06. The Kier molecular flexibility index (Phi) is 8.72. The van der Waals surface area contributed by atoms with Gasteiger partial charge >= 0.3 is 5.97 Å². The van der Waals surface area contributed by atoms with E-state index in [-0.39, 0.29) is 22.4 Å². The third kappa shape index (κ3) is 6.36. The lowest BCUT2D eigenvalue weighted by molar-refractivity contribution is -0.117. The average molecular weight is 532 g/mol. The third-order valence-corrected chi connectivity index (χ3v) is 6.88. The fourth-order valence-corrected chi connectivity index (χ4v) is 5.01. The number of nitrogens with two attached hydrogens (primary N) is 1. The second-order valence-corrected chi connectivity index (χ2v) is 10.9. The van der Waals surface area contributed by atoms with Crippen LogP contribution < -0.4 is 5.73 Å². The van der Waals surface area contributed by atoms with E-state index in [4.69, 9.17) is 10.5 Å². The number of para-hydroxylation sites is 1. The number of hydrogen-bond donors (Lipinski definition) is 3. The van der Waals surface area contributed by atoms with Crippen LogP contribution in [0.5, 0.6) is 0 Å². The molecule has 37 heavy (non-hydrogen) atoms. The number of fused-ring (bicyclic) bond motifs is 1. The van der Waals surface area contributed by atoms with Gasteiger partial charge in [0.1, 0.15) is 17.3 Å². The van der Waals surface area contributed by atoms with Crippen LogP contribution in [0.3, 0.4) is 0 Å². The van der Waals surface area contributed by atoms with E-state index < -0.39 is 33.4 Å². The number of H-pyrrole nitrogens is 1. The van der Waals surface area contributed by atoms with Crippen molar-refractivity contribution in [2.45, 2.75) is 31.6 Å². The Hall–Kier alpha value is -3.70. The molecular formula is C26H30FN3O6S. The topological polar surface area (TPSA) is 143 Å². The minimum atomic E-state index is -3.46. The van der Waals surface area contributed by atoms with Gasteiger partial charge < -0.3 is 25.5 Å². The van der Waals surface area contributed by atoms with Crippen molar-refractivity contribution in [3.8, 4) is 11.1 Å². The summed E-state index contributed by atoms with van der Waals surface area (Å²) < 4.78 is 43.4. The summed E-state index contributed by atoms with van der Waals surface area (Å²) in [6.45, 7) is 2.26. The quantitative estimate of drug-likeness (QED) is 0.237. The second-order valence-electron chi connectivity index (χ2n) is 8.75. The summed E-state index contributed by atoms with van der Waals surface area (Å²) in [4.78, 5) is 28.5. The third-order valence-electron chi connectivity index (χ3n) is 6.04. The highest BCUT2D eigenvalue weighted by Crippen LogP contribution is 2.37. The molecule has 0 saturated heterocycles. The maximum absolute atomic E-state index is 14.8. The van der Waals surface area contributed by atoms with Crippen LogP contribution >= 0.6 is 0 Å². The van der Waals surface area contributed by atoms with Gasteiger partial charge in [0.05, 0.1) is 24.4 Å². The van der Waals surface area contributed by atoms with Gasteiger partial charge in [-0.2, -0.15) is 0 Å². The number of methoxy groups -OCH3 is 1. The van der Waals surface area contributed by atoms with Crippen LogP contribution in [0.25, 0.3) is 22.0 Å². The van der Waals surface area contributed by atoms with Crippen LogP contribution in [0.1, 0.15) is 47.4 Å². The lowest BCUT2D eigenvalue weighted by atomic mass is 9.97. The Morgan fingerprint density at radius 1 is 1.30 bits per heavy atom. The smallest absolute Gasteiger partial charge is 0.352 e. The minimum Gasteiger partial charge on any atom is -0.500 e. The van der Waals surface area contributed by atoms with Gasteiger partial charge in [-0.3, -0.25) is 4.79 Å². The number of sulfone groups is 1. The standard InChI is InChI=1S/C26H30FN3O6S/c1-16(30(15-31)13-19(36-2)6-5-11-28)20-7-4-8-21-23(25(26(32)33)29-24(20)21)17-9-10-18(22(27)12-17)14-37(3,34)35/h4,7-10,12-13,15-16,29H,5-6,11,14,28H2,1-3H3,(H,32,33)/b19-13-/t16-/m0/s1. The Balaban J connectivity index is 2.14. The number of carboxylic acids is 1. The first-order valence-electron chi connectivity index (χ1n) is 11.5. The monoisotopic (exact) mass is 531 g/mol. The highest BCUT2D eigenvalue weighted by Gasteiger charge is 2.24. The number of ether oxygens (including phenoxy) is 1. The SMILES string of the molecule is CO/C(=C\N(C=O)[C@@H](C)c1cccc2c(-c3ccc(CS(C)(=O)=O)c(F)c3)c(C(=O)O)[nH]c12)CCCN. The maximum Gasteiger partial charge on any atom is 0.352 e. The van der Waals surface area contributed by atoms with Gasteiger partial charge in [0.2, 0.25) is 6.41 Å². The number of allylic oxidation sites excluding steroid dienone is 1. The van der Waals surface area contributed by atoms with Gasteiger partial charge in [-0.25, -0.2) is 17.6 Å². The molecule has 4 N–H and O–H groups in total. The first-order valence-corrected chi connectivity index (χ1v) is 13.6. The van der Waals surface area contributed by atoms with Crippen molar-refractivity contribution >= 4 is 33.1 Å². The molecule has 11 heteroatoms. The van der Waals surface area contributed by atoms with Gasteiger partial charge in [0.15, 0.2) is 9.84 Å². The molecule has 0 aliphatic carbocycles. The van der Waals surface area contributed by atoms with E-state index in [1.54, 1.807) is 31.3 Å². The summed E-state index contributed by atoms with van der Waals surface area (Å²) in [6, 6.07) is 8.66. The van der Waals surface area contributed by atoms with E-state index in [1.807, 2.05) is 0 Å². The molecule has 3 aromatic rings. The number of rotatable bonds is 12.